The van der Waals surface area contributed by atoms with E-state index in [0.717, 1.165) is 5.69 Å². The Morgan fingerprint density at radius 3 is 2.45 bits per heavy atom. The Morgan fingerprint density at radius 1 is 1.10 bits per heavy atom. The molecule has 0 atom stereocenters. The number of rotatable bonds is 5. The number of hydrogen-bond acceptors (Lipinski definition) is 3. The molecule has 5 heteroatoms. The molecular formula is C15H14N2O2S. The highest BCUT2D eigenvalue weighted by Crippen LogP contribution is 2.17. The smallest absolute Gasteiger partial charge is 0.262 e. The lowest BCUT2D eigenvalue weighted by molar-refractivity contribution is -0.118. The predicted molar refractivity (Wildman–Crippen MR) is 82.9 cm³/mol. The number of para-hydroxylation sites is 2. The van der Waals surface area contributed by atoms with Crippen LogP contribution in [0.4, 0.5) is 5.69 Å². The molecule has 0 aliphatic heterocycles. The lowest BCUT2D eigenvalue weighted by Crippen LogP contribution is -2.21. The van der Waals surface area contributed by atoms with E-state index in [0.29, 0.717) is 11.3 Å². The van der Waals surface area contributed by atoms with E-state index >= 15 is 0 Å². The molecule has 0 saturated heterocycles. The molecule has 0 spiro atoms. The van der Waals surface area contributed by atoms with Crippen LogP contribution in [-0.4, -0.2) is 17.5 Å². The molecule has 0 bridgehead atoms. The third-order valence-corrected chi connectivity index (χ3v) is 2.79. The quantitative estimate of drug-likeness (QED) is 0.828. The number of amides is 1. The molecule has 0 radical (unpaired) electrons. The second-order valence-corrected chi connectivity index (χ2v) is 4.50. The molecule has 1 amide bonds. The van der Waals surface area contributed by atoms with Gasteiger partial charge in [-0.15, -0.1) is 0 Å². The minimum Gasteiger partial charge on any atom is -0.483 e. The third-order valence-electron chi connectivity index (χ3n) is 2.57. The summed E-state index contributed by atoms with van der Waals surface area (Å²) in [5, 5.41) is 2.73. The number of anilines is 1. The average Bonchev–Trinajstić information content (AvgIpc) is 2.46. The molecule has 0 aliphatic carbocycles. The standard InChI is InChI=1S/C15H14N2O2S/c16-15(20)12-8-4-5-9-13(12)19-10-14(18)17-11-6-2-1-3-7-11/h1-9H,10H2,(H2,16,20)(H,17,18). The van der Waals surface area contributed by atoms with Gasteiger partial charge >= 0.3 is 0 Å². The number of thiocarbonyl (C=S) groups is 1. The SMILES string of the molecule is NC(=S)c1ccccc1OCC(=O)Nc1ccccc1. The molecule has 4 nitrogen and oxygen atoms in total. The van der Waals surface area contributed by atoms with Crippen LogP contribution in [0.3, 0.4) is 0 Å². The van der Waals surface area contributed by atoms with Gasteiger partial charge in [-0.25, -0.2) is 0 Å². The summed E-state index contributed by atoms with van der Waals surface area (Å²) < 4.78 is 5.45. The van der Waals surface area contributed by atoms with E-state index in [9.17, 15) is 4.79 Å². The molecule has 20 heavy (non-hydrogen) atoms. The van der Waals surface area contributed by atoms with Crippen molar-refractivity contribution in [3.63, 3.8) is 0 Å². The third kappa shape index (κ3) is 3.80. The van der Waals surface area contributed by atoms with Crippen LogP contribution in [0.15, 0.2) is 54.6 Å². The number of hydrogen-bond donors (Lipinski definition) is 2. The fourth-order valence-electron chi connectivity index (χ4n) is 1.66. The van der Waals surface area contributed by atoms with Gasteiger partial charge in [0.2, 0.25) is 0 Å². The van der Waals surface area contributed by atoms with Crippen molar-refractivity contribution in [3.8, 4) is 5.75 Å². The predicted octanol–water partition coefficient (Wildman–Crippen LogP) is 2.34. The van der Waals surface area contributed by atoms with Gasteiger partial charge in [0, 0.05) is 5.69 Å². The van der Waals surface area contributed by atoms with Crippen LogP contribution >= 0.6 is 12.2 Å². The van der Waals surface area contributed by atoms with Gasteiger partial charge in [-0.1, -0.05) is 42.5 Å². The van der Waals surface area contributed by atoms with Crippen LogP contribution in [0, 0.1) is 0 Å². The molecule has 3 N–H and O–H groups in total. The fraction of sp³-hybridized carbons (Fsp3) is 0.0667. The highest BCUT2D eigenvalue weighted by Gasteiger charge is 2.08. The van der Waals surface area contributed by atoms with E-state index in [1.54, 1.807) is 30.3 Å². The monoisotopic (exact) mass is 286 g/mol. The highest BCUT2D eigenvalue weighted by molar-refractivity contribution is 7.80. The van der Waals surface area contributed by atoms with E-state index < -0.39 is 0 Å². The van der Waals surface area contributed by atoms with Crippen LogP contribution < -0.4 is 15.8 Å². The fourth-order valence-corrected chi connectivity index (χ4v) is 1.83. The highest BCUT2D eigenvalue weighted by atomic mass is 32.1. The lowest BCUT2D eigenvalue weighted by atomic mass is 10.2. The van der Waals surface area contributed by atoms with E-state index in [2.05, 4.69) is 5.32 Å². The maximum atomic E-state index is 11.8. The van der Waals surface area contributed by atoms with Crippen molar-refractivity contribution in [2.75, 3.05) is 11.9 Å². The van der Waals surface area contributed by atoms with Crippen molar-refractivity contribution in [2.24, 2.45) is 5.73 Å². The van der Waals surface area contributed by atoms with Crippen LogP contribution in [0.2, 0.25) is 0 Å². The van der Waals surface area contributed by atoms with Crippen LogP contribution in [0.25, 0.3) is 0 Å². The summed E-state index contributed by atoms with van der Waals surface area (Å²) in [5.41, 5.74) is 6.94. The Bertz CT molecular complexity index is 614. The summed E-state index contributed by atoms with van der Waals surface area (Å²) in [6.45, 7) is -0.103. The molecule has 0 fully saturated rings. The Balaban J connectivity index is 1.96. The lowest BCUT2D eigenvalue weighted by Gasteiger charge is -2.10. The summed E-state index contributed by atoms with van der Waals surface area (Å²) in [6.07, 6.45) is 0. The second kappa shape index (κ2) is 6.68. The molecular weight excluding hydrogens is 272 g/mol. The summed E-state index contributed by atoms with van der Waals surface area (Å²) in [6, 6.07) is 16.3. The number of carbonyl (C=O) groups excluding carboxylic acids is 1. The number of benzene rings is 2. The maximum absolute atomic E-state index is 11.8. The zero-order chi connectivity index (χ0) is 14.4. The van der Waals surface area contributed by atoms with Gasteiger partial charge in [-0.3, -0.25) is 4.79 Å². The Morgan fingerprint density at radius 2 is 1.75 bits per heavy atom. The Kier molecular flexibility index (Phi) is 4.68. The molecule has 0 heterocycles. The van der Waals surface area contributed by atoms with Gasteiger partial charge in [-0.2, -0.15) is 0 Å². The first kappa shape index (κ1) is 14.0. The molecule has 2 aromatic carbocycles. The zero-order valence-electron chi connectivity index (χ0n) is 10.7. The molecule has 2 rings (SSSR count). The van der Waals surface area contributed by atoms with Crippen LogP contribution in [0.1, 0.15) is 5.56 Å². The van der Waals surface area contributed by atoms with Gasteiger partial charge in [0.15, 0.2) is 6.61 Å². The van der Waals surface area contributed by atoms with E-state index in [1.165, 1.54) is 0 Å². The zero-order valence-corrected chi connectivity index (χ0v) is 11.5. The number of nitrogens with one attached hydrogen (secondary N) is 1. The van der Waals surface area contributed by atoms with Gasteiger partial charge in [0.1, 0.15) is 10.7 Å². The largest absolute Gasteiger partial charge is 0.483 e. The van der Waals surface area contributed by atoms with Gasteiger partial charge in [0.05, 0.1) is 5.56 Å². The Labute approximate surface area is 122 Å². The first-order chi connectivity index (χ1) is 9.66. The molecule has 0 unspecified atom stereocenters. The topological polar surface area (TPSA) is 64.3 Å². The van der Waals surface area contributed by atoms with Crippen molar-refractivity contribution in [1.29, 1.82) is 0 Å². The van der Waals surface area contributed by atoms with Crippen LogP contribution in [0.5, 0.6) is 5.75 Å². The summed E-state index contributed by atoms with van der Waals surface area (Å²) in [7, 11) is 0. The van der Waals surface area contributed by atoms with Gasteiger partial charge in [-0.05, 0) is 24.3 Å². The van der Waals surface area contributed by atoms with E-state index in [1.807, 2.05) is 24.3 Å². The molecule has 102 valence electrons. The first-order valence-corrected chi connectivity index (χ1v) is 6.44. The number of ether oxygens (including phenoxy) is 1. The van der Waals surface area contributed by atoms with Crippen LogP contribution in [-0.2, 0) is 4.79 Å². The van der Waals surface area contributed by atoms with Crippen molar-refractivity contribution in [1.82, 2.24) is 0 Å². The van der Waals surface area contributed by atoms with Gasteiger partial charge < -0.3 is 15.8 Å². The summed E-state index contributed by atoms with van der Waals surface area (Å²) in [4.78, 5) is 12.0. The van der Waals surface area contributed by atoms with E-state index in [-0.39, 0.29) is 17.5 Å². The molecule has 0 saturated carbocycles. The summed E-state index contributed by atoms with van der Waals surface area (Å²) >= 11 is 4.93. The Hall–Kier alpha value is -2.40. The minimum atomic E-state index is -0.242. The number of nitrogens with two attached hydrogens (primary N) is 1. The first-order valence-electron chi connectivity index (χ1n) is 6.03. The average molecular weight is 286 g/mol. The van der Waals surface area contributed by atoms with E-state index in [4.69, 9.17) is 22.7 Å². The molecule has 0 aromatic heterocycles. The number of carbonyl (C=O) groups is 1. The molecule has 2 aromatic rings. The minimum absolute atomic E-state index is 0.103. The van der Waals surface area contributed by atoms with Crippen molar-refractivity contribution >= 4 is 28.8 Å². The van der Waals surface area contributed by atoms with Crippen molar-refractivity contribution < 1.29 is 9.53 Å². The van der Waals surface area contributed by atoms with Crippen molar-refractivity contribution in [3.05, 3.63) is 60.2 Å². The van der Waals surface area contributed by atoms with Gasteiger partial charge in [0.25, 0.3) is 5.91 Å². The maximum Gasteiger partial charge on any atom is 0.262 e. The second-order valence-electron chi connectivity index (χ2n) is 4.06. The normalized spacial score (nSPS) is 9.80. The van der Waals surface area contributed by atoms with Crippen molar-refractivity contribution in [2.45, 2.75) is 0 Å². The molecule has 0 aliphatic rings. The summed E-state index contributed by atoms with van der Waals surface area (Å²) in [5.74, 6) is 0.261.